The Balaban J connectivity index is 2.45. The van der Waals surface area contributed by atoms with Crippen LogP contribution in [0.2, 0.25) is 0 Å². The van der Waals surface area contributed by atoms with E-state index in [0.29, 0.717) is 5.56 Å². The third kappa shape index (κ3) is 2.96. The summed E-state index contributed by atoms with van der Waals surface area (Å²) < 4.78 is 1.76. The second-order valence-corrected chi connectivity index (χ2v) is 5.90. The number of carbonyl (C=O) groups is 1. The van der Waals surface area contributed by atoms with E-state index in [1.807, 2.05) is 44.5 Å². The van der Waals surface area contributed by atoms with Crippen molar-refractivity contribution in [2.24, 2.45) is 7.05 Å². The molecule has 1 aromatic carbocycles. The second kappa shape index (κ2) is 5.71. The smallest absolute Gasteiger partial charge is 0.337 e. The van der Waals surface area contributed by atoms with Crippen LogP contribution in [0, 0.1) is 6.92 Å². The monoisotopic (exact) mass is 294 g/mol. The molecule has 4 nitrogen and oxygen atoms in total. The number of rotatable bonds is 4. The molecular weight excluding hydrogens is 280 g/mol. The number of carboxylic acids is 1. The number of aryl methyl sites for hydroxylation is 2. The van der Waals surface area contributed by atoms with E-state index in [1.165, 1.54) is 23.5 Å². The van der Waals surface area contributed by atoms with Crippen LogP contribution in [0.25, 0.3) is 0 Å². The molecule has 0 aliphatic heterocycles. The molecule has 2 aromatic rings. The van der Waals surface area contributed by atoms with E-state index in [0.717, 1.165) is 20.5 Å². The Labute approximate surface area is 120 Å². The summed E-state index contributed by atoms with van der Waals surface area (Å²) in [4.78, 5) is 12.9. The highest BCUT2D eigenvalue weighted by molar-refractivity contribution is 8.00. The highest BCUT2D eigenvalue weighted by Gasteiger charge is 2.17. The first-order chi connectivity index (χ1) is 9.02. The third-order valence-corrected chi connectivity index (χ3v) is 4.53. The number of aromatic nitrogens is 2. The lowest BCUT2D eigenvalue weighted by molar-refractivity contribution is 0.0689. The predicted molar refractivity (Wildman–Crippen MR) is 77.3 cm³/mol. The van der Waals surface area contributed by atoms with Gasteiger partial charge in [0.15, 0.2) is 0 Å². The first-order valence-corrected chi connectivity index (χ1v) is 7.66. The zero-order chi connectivity index (χ0) is 14.0. The maximum atomic E-state index is 11.4. The van der Waals surface area contributed by atoms with Gasteiger partial charge in [0.05, 0.1) is 16.3 Å². The van der Waals surface area contributed by atoms with Crippen LogP contribution in [0.1, 0.15) is 16.1 Å². The molecule has 0 bridgehead atoms. The second-order valence-electron chi connectivity index (χ2n) is 3.99. The zero-order valence-corrected chi connectivity index (χ0v) is 12.5. The van der Waals surface area contributed by atoms with Gasteiger partial charge in [-0.15, -0.1) is 11.8 Å². The van der Waals surface area contributed by atoms with E-state index in [4.69, 9.17) is 0 Å². The van der Waals surface area contributed by atoms with Gasteiger partial charge >= 0.3 is 5.97 Å². The Bertz CT molecular complexity index is 623. The van der Waals surface area contributed by atoms with Crippen molar-refractivity contribution in [3.63, 3.8) is 0 Å². The van der Waals surface area contributed by atoms with Gasteiger partial charge < -0.3 is 5.11 Å². The van der Waals surface area contributed by atoms with Gasteiger partial charge in [-0.25, -0.2) is 4.79 Å². The molecule has 0 aliphatic rings. The van der Waals surface area contributed by atoms with E-state index in [-0.39, 0.29) is 0 Å². The van der Waals surface area contributed by atoms with Crippen molar-refractivity contribution in [3.05, 3.63) is 35.5 Å². The van der Waals surface area contributed by atoms with Crippen LogP contribution in [0.4, 0.5) is 0 Å². The number of benzene rings is 1. The summed E-state index contributed by atoms with van der Waals surface area (Å²) in [7, 11) is 1.86. The summed E-state index contributed by atoms with van der Waals surface area (Å²) in [5, 5.41) is 14.6. The van der Waals surface area contributed by atoms with Gasteiger partial charge in [-0.1, -0.05) is 17.8 Å². The molecule has 2 rings (SSSR count). The van der Waals surface area contributed by atoms with Crippen molar-refractivity contribution < 1.29 is 9.90 Å². The van der Waals surface area contributed by atoms with Gasteiger partial charge in [-0.05, 0) is 31.4 Å². The lowest BCUT2D eigenvalue weighted by atomic mass is 10.2. The molecule has 0 radical (unpaired) electrons. The number of hydrogen-bond acceptors (Lipinski definition) is 4. The number of aromatic carboxylic acids is 1. The van der Waals surface area contributed by atoms with Crippen LogP contribution in [0.3, 0.4) is 0 Å². The molecule has 0 saturated heterocycles. The normalized spacial score (nSPS) is 10.7. The molecular formula is C13H14N2O2S2. The lowest BCUT2D eigenvalue weighted by Gasteiger charge is -2.09. The van der Waals surface area contributed by atoms with Gasteiger partial charge in [0.25, 0.3) is 0 Å². The lowest BCUT2D eigenvalue weighted by Crippen LogP contribution is -2.02. The van der Waals surface area contributed by atoms with Crippen molar-refractivity contribution in [1.82, 2.24) is 9.78 Å². The summed E-state index contributed by atoms with van der Waals surface area (Å²) in [6, 6.07) is 7.48. The molecule has 0 aliphatic carbocycles. The summed E-state index contributed by atoms with van der Waals surface area (Å²) in [5.41, 5.74) is 1.28. The maximum Gasteiger partial charge on any atom is 0.337 e. The summed E-state index contributed by atoms with van der Waals surface area (Å²) in [6.45, 7) is 1.92. The molecule has 0 atom stereocenters. The minimum absolute atomic E-state index is 0.360. The summed E-state index contributed by atoms with van der Waals surface area (Å²) >= 11 is 2.87. The Morgan fingerprint density at radius 3 is 2.58 bits per heavy atom. The molecule has 0 fully saturated rings. The van der Waals surface area contributed by atoms with Crippen LogP contribution in [-0.4, -0.2) is 27.1 Å². The first-order valence-electron chi connectivity index (χ1n) is 5.61. The van der Waals surface area contributed by atoms with Crippen molar-refractivity contribution >= 4 is 29.5 Å². The largest absolute Gasteiger partial charge is 0.478 e. The maximum absolute atomic E-state index is 11.4. The molecule has 6 heteroatoms. The molecule has 0 spiro atoms. The SMILES string of the molecule is CSc1cccc(Sc2cc(C)nn2C)c1C(=O)O. The number of carboxylic acid groups (broad SMARTS) is 1. The highest BCUT2D eigenvalue weighted by atomic mass is 32.2. The summed E-state index contributed by atoms with van der Waals surface area (Å²) in [5.74, 6) is -0.897. The van der Waals surface area contributed by atoms with Crippen molar-refractivity contribution in [1.29, 1.82) is 0 Å². The molecule has 0 unspecified atom stereocenters. The highest BCUT2D eigenvalue weighted by Crippen LogP contribution is 2.34. The van der Waals surface area contributed by atoms with Gasteiger partial charge in [-0.3, -0.25) is 4.68 Å². The summed E-state index contributed by atoms with van der Waals surface area (Å²) in [6.07, 6.45) is 1.88. The van der Waals surface area contributed by atoms with Crippen molar-refractivity contribution in [2.75, 3.05) is 6.26 Å². The first kappa shape index (κ1) is 14.0. The number of hydrogen-bond donors (Lipinski definition) is 1. The minimum Gasteiger partial charge on any atom is -0.478 e. The van der Waals surface area contributed by atoms with E-state index in [2.05, 4.69) is 5.10 Å². The van der Waals surface area contributed by atoms with Gasteiger partial charge in [0.2, 0.25) is 0 Å². The molecule has 1 aromatic heterocycles. The molecule has 19 heavy (non-hydrogen) atoms. The van der Waals surface area contributed by atoms with E-state index in [9.17, 15) is 9.90 Å². The van der Waals surface area contributed by atoms with Gasteiger partial charge in [-0.2, -0.15) is 5.10 Å². The molecule has 100 valence electrons. The molecule has 0 saturated carbocycles. The van der Waals surface area contributed by atoms with Crippen LogP contribution in [-0.2, 0) is 7.05 Å². The van der Waals surface area contributed by atoms with Crippen molar-refractivity contribution in [3.8, 4) is 0 Å². The predicted octanol–water partition coefficient (Wildman–Crippen LogP) is 3.30. The van der Waals surface area contributed by atoms with Crippen LogP contribution < -0.4 is 0 Å². The minimum atomic E-state index is -0.897. The quantitative estimate of drug-likeness (QED) is 0.877. The Morgan fingerprint density at radius 1 is 1.37 bits per heavy atom. The molecule has 0 amide bonds. The van der Waals surface area contributed by atoms with E-state index >= 15 is 0 Å². The topological polar surface area (TPSA) is 55.1 Å². The van der Waals surface area contributed by atoms with Gasteiger partial charge in [0.1, 0.15) is 0 Å². The standard InChI is InChI=1S/C13H14N2O2S2/c1-8-7-11(15(2)14-8)19-10-6-4-5-9(18-3)12(10)13(16)17/h4-7H,1-3H3,(H,16,17). The third-order valence-electron chi connectivity index (χ3n) is 2.60. The fraction of sp³-hybridized carbons (Fsp3) is 0.231. The van der Waals surface area contributed by atoms with Crippen LogP contribution in [0.15, 0.2) is 39.1 Å². The Hall–Kier alpha value is -1.40. The molecule has 1 heterocycles. The fourth-order valence-corrected chi connectivity index (χ4v) is 3.53. The number of nitrogens with zero attached hydrogens (tertiary/aromatic N) is 2. The number of thioether (sulfide) groups is 1. The Morgan fingerprint density at radius 2 is 2.05 bits per heavy atom. The van der Waals surface area contributed by atoms with Crippen LogP contribution >= 0.6 is 23.5 Å². The van der Waals surface area contributed by atoms with Crippen molar-refractivity contribution in [2.45, 2.75) is 21.7 Å². The van der Waals surface area contributed by atoms with E-state index in [1.54, 1.807) is 4.68 Å². The average molecular weight is 294 g/mol. The van der Waals surface area contributed by atoms with E-state index < -0.39 is 5.97 Å². The van der Waals surface area contributed by atoms with Crippen LogP contribution in [0.5, 0.6) is 0 Å². The fourth-order valence-electron chi connectivity index (χ4n) is 1.77. The molecule has 1 N–H and O–H groups in total. The van der Waals surface area contributed by atoms with Gasteiger partial charge in [0, 0.05) is 16.8 Å². The zero-order valence-electron chi connectivity index (χ0n) is 10.9. The Kier molecular flexibility index (Phi) is 4.21. The average Bonchev–Trinajstić information content (AvgIpc) is 2.67.